The molecule has 0 aromatic rings. The first-order valence-corrected chi connectivity index (χ1v) is 8.70. The van der Waals surface area contributed by atoms with E-state index in [0.717, 1.165) is 31.4 Å². The quantitative estimate of drug-likeness (QED) is 0.119. The van der Waals surface area contributed by atoms with Crippen LogP contribution >= 0.6 is 11.6 Å². The minimum Gasteiger partial charge on any atom is -0.498 e. The van der Waals surface area contributed by atoms with Crippen molar-refractivity contribution in [2.24, 2.45) is 22.7 Å². The third-order valence-electron chi connectivity index (χ3n) is 3.90. The second-order valence-corrected chi connectivity index (χ2v) is 6.49. The summed E-state index contributed by atoms with van der Waals surface area (Å²) in [6.45, 7) is 4.61. The molecule has 0 fully saturated rings. The molecule has 0 amide bonds. The lowest BCUT2D eigenvalue weighted by Gasteiger charge is -2.25. The van der Waals surface area contributed by atoms with Gasteiger partial charge in [0.05, 0.1) is 19.0 Å². The van der Waals surface area contributed by atoms with Crippen molar-refractivity contribution in [3.8, 4) is 0 Å². The van der Waals surface area contributed by atoms with Crippen LogP contribution in [0, 0.1) is 11.8 Å². The number of allylic oxidation sites excluding steroid dienone is 3. The molecule has 1 aliphatic carbocycles. The van der Waals surface area contributed by atoms with Gasteiger partial charge in [0, 0.05) is 11.8 Å². The van der Waals surface area contributed by atoms with E-state index in [-0.39, 0.29) is 23.6 Å². The Morgan fingerprint density at radius 1 is 1.38 bits per heavy atom. The van der Waals surface area contributed by atoms with Crippen LogP contribution in [-0.4, -0.2) is 35.6 Å². The molecular weight excluding hydrogens is 332 g/mol. The van der Waals surface area contributed by atoms with Crippen molar-refractivity contribution in [2.75, 3.05) is 13.2 Å². The zero-order valence-corrected chi connectivity index (χ0v) is 15.0. The lowest BCUT2D eigenvalue weighted by molar-refractivity contribution is -0.142. The van der Waals surface area contributed by atoms with E-state index in [0.29, 0.717) is 13.2 Å². The largest absolute Gasteiger partial charge is 0.498 e. The van der Waals surface area contributed by atoms with Crippen LogP contribution in [0.25, 0.3) is 0 Å². The summed E-state index contributed by atoms with van der Waals surface area (Å²) < 4.78 is 10.8. The Bertz CT molecular complexity index is 489. The standard InChI is InChI=1S/C17H27ClN2O4/c1-12-14(16(19)20-22)8-7-9-15(12)23-10-5-3-4-6-11-24-17(21)13(2)18/h7-9,12-14,22H,3-6,10-11H2,1-2H3,(H2,19,20). The molecule has 7 heteroatoms. The fraction of sp³-hybridized carbons (Fsp3) is 0.647. The van der Waals surface area contributed by atoms with Gasteiger partial charge in [-0.1, -0.05) is 24.2 Å². The summed E-state index contributed by atoms with van der Waals surface area (Å²) in [6, 6.07) is 0. The molecule has 3 atom stereocenters. The van der Waals surface area contributed by atoms with Crippen LogP contribution < -0.4 is 5.73 Å². The van der Waals surface area contributed by atoms with E-state index in [2.05, 4.69) is 5.16 Å². The summed E-state index contributed by atoms with van der Waals surface area (Å²) in [4.78, 5) is 11.2. The number of rotatable bonds is 10. The van der Waals surface area contributed by atoms with Crippen LogP contribution in [0.4, 0.5) is 0 Å². The highest BCUT2D eigenvalue weighted by Gasteiger charge is 2.25. The molecule has 0 bridgehead atoms. The van der Waals surface area contributed by atoms with E-state index in [1.165, 1.54) is 0 Å². The number of carbonyl (C=O) groups excluding carboxylic acids is 1. The van der Waals surface area contributed by atoms with Gasteiger partial charge in [-0.05, 0) is 38.7 Å². The van der Waals surface area contributed by atoms with Gasteiger partial charge in [0.25, 0.3) is 0 Å². The predicted molar refractivity (Wildman–Crippen MR) is 94.0 cm³/mol. The average Bonchev–Trinajstić information content (AvgIpc) is 2.57. The van der Waals surface area contributed by atoms with Crippen LogP contribution in [0.3, 0.4) is 0 Å². The van der Waals surface area contributed by atoms with Gasteiger partial charge in [-0.25, -0.2) is 0 Å². The molecule has 0 saturated heterocycles. The van der Waals surface area contributed by atoms with E-state index >= 15 is 0 Å². The Morgan fingerprint density at radius 3 is 2.67 bits per heavy atom. The number of unbranched alkanes of at least 4 members (excludes halogenated alkanes) is 3. The number of esters is 1. The SMILES string of the molecule is CC(Cl)C(=O)OCCCCCCOC1=CC=CC(/C(N)=N/O)C1C. The predicted octanol–water partition coefficient (Wildman–Crippen LogP) is 3.19. The Morgan fingerprint density at radius 2 is 2.04 bits per heavy atom. The lowest BCUT2D eigenvalue weighted by Crippen LogP contribution is -2.30. The van der Waals surface area contributed by atoms with Crippen molar-refractivity contribution in [2.45, 2.75) is 44.9 Å². The number of halogens is 1. The highest BCUT2D eigenvalue weighted by molar-refractivity contribution is 6.29. The molecule has 0 saturated carbocycles. The van der Waals surface area contributed by atoms with Gasteiger partial charge in [0.15, 0.2) is 0 Å². The summed E-state index contributed by atoms with van der Waals surface area (Å²) in [5.41, 5.74) is 5.68. The van der Waals surface area contributed by atoms with Gasteiger partial charge in [-0.2, -0.15) is 0 Å². The maximum Gasteiger partial charge on any atom is 0.323 e. The van der Waals surface area contributed by atoms with E-state index < -0.39 is 5.38 Å². The number of ether oxygens (including phenoxy) is 2. The molecule has 136 valence electrons. The fourth-order valence-electron chi connectivity index (χ4n) is 2.40. The number of nitrogens with two attached hydrogens (primary N) is 1. The number of oxime groups is 1. The van der Waals surface area contributed by atoms with Gasteiger partial charge < -0.3 is 20.4 Å². The molecule has 1 rings (SSSR count). The minimum atomic E-state index is -0.591. The molecule has 0 aromatic carbocycles. The van der Waals surface area contributed by atoms with Crippen LogP contribution in [0.2, 0.25) is 0 Å². The molecule has 0 aromatic heterocycles. The first-order chi connectivity index (χ1) is 11.5. The summed E-state index contributed by atoms with van der Waals surface area (Å²) in [5, 5.41) is 11.3. The Hall–Kier alpha value is -1.69. The van der Waals surface area contributed by atoms with Gasteiger partial charge in [-0.15, -0.1) is 11.6 Å². The first kappa shape index (κ1) is 20.4. The molecule has 0 heterocycles. The van der Waals surface area contributed by atoms with Gasteiger partial charge in [0.2, 0.25) is 0 Å². The maximum absolute atomic E-state index is 11.2. The summed E-state index contributed by atoms with van der Waals surface area (Å²) >= 11 is 5.60. The smallest absolute Gasteiger partial charge is 0.323 e. The number of amidine groups is 1. The Kier molecular flexibility index (Phi) is 9.30. The monoisotopic (exact) mass is 358 g/mol. The van der Waals surface area contributed by atoms with Crippen molar-refractivity contribution in [1.29, 1.82) is 0 Å². The normalized spacial score (nSPS) is 22.0. The summed E-state index contributed by atoms with van der Waals surface area (Å²) in [6.07, 6.45) is 9.38. The molecule has 1 aliphatic rings. The van der Waals surface area contributed by atoms with Crippen LogP contribution in [0.1, 0.15) is 39.5 Å². The summed E-state index contributed by atoms with van der Waals surface area (Å²) in [5.74, 6) is 0.566. The minimum absolute atomic E-state index is 0.0443. The van der Waals surface area contributed by atoms with Crippen molar-refractivity contribution in [3.63, 3.8) is 0 Å². The second-order valence-electron chi connectivity index (χ2n) is 5.84. The number of alkyl halides is 1. The fourth-order valence-corrected chi connectivity index (χ4v) is 2.46. The first-order valence-electron chi connectivity index (χ1n) is 8.26. The van der Waals surface area contributed by atoms with E-state index in [1.54, 1.807) is 6.92 Å². The highest BCUT2D eigenvalue weighted by atomic mass is 35.5. The highest BCUT2D eigenvalue weighted by Crippen LogP contribution is 2.27. The van der Waals surface area contributed by atoms with Gasteiger partial charge in [0.1, 0.15) is 11.2 Å². The third kappa shape index (κ3) is 6.83. The van der Waals surface area contributed by atoms with Crippen LogP contribution in [0.15, 0.2) is 29.1 Å². The van der Waals surface area contributed by atoms with Crippen LogP contribution in [-0.2, 0) is 14.3 Å². The Labute approximate surface area is 148 Å². The zero-order valence-electron chi connectivity index (χ0n) is 14.3. The van der Waals surface area contributed by atoms with E-state index in [1.807, 2.05) is 25.2 Å². The van der Waals surface area contributed by atoms with Gasteiger partial charge in [-0.3, -0.25) is 4.79 Å². The lowest BCUT2D eigenvalue weighted by atomic mass is 9.87. The maximum atomic E-state index is 11.2. The molecule has 3 N–H and O–H groups in total. The number of hydrogen-bond donors (Lipinski definition) is 2. The molecular formula is C17H27ClN2O4. The number of hydrogen-bond acceptors (Lipinski definition) is 5. The average molecular weight is 359 g/mol. The second kappa shape index (κ2) is 11.0. The van der Waals surface area contributed by atoms with Crippen molar-refractivity contribution >= 4 is 23.4 Å². The van der Waals surface area contributed by atoms with Crippen LogP contribution in [0.5, 0.6) is 0 Å². The zero-order chi connectivity index (χ0) is 17.9. The van der Waals surface area contributed by atoms with E-state index in [4.69, 9.17) is 32.0 Å². The molecule has 0 aliphatic heterocycles. The van der Waals surface area contributed by atoms with Crippen molar-refractivity contribution in [1.82, 2.24) is 0 Å². The molecule has 0 spiro atoms. The number of carbonyl (C=O) groups is 1. The summed E-state index contributed by atoms with van der Waals surface area (Å²) in [7, 11) is 0. The van der Waals surface area contributed by atoms with E-state index in [9.17, 15) is 4.79 Å². The molecule has 0 radical (unpaired) electrons. The van der Waals surface area contributed by atoms with Crippen molar-refractivity contribution < 1.29 is 19.5 Å². The Balaban J connectivity index is 2.14. The van der Waals surface area contributed by atoms with Gasteiger partial charge >= 0.3 is 5.97 Å². The molecule has 3 unspecified atom stereocenters. The van der Waals surface area contributed by atoms with Crippen molar-refractivity contribution in [3.05, 3.63) is 24.0 Å². The third-order valence-corrected chi connectivity index (χ3v) is 4.08. The number of nitrogens with zero attached hydrogens (tertiary/aromatic N) is 1. The molecule has 24 heavy (non-hydrogen) atoms. The molecule has 6 nitrogen and oxygen atoms in total. The topological polar surface area (TPSA) is 94.1 Å².